The third kappa shape index (κ3) is 1.00. The average Bonchev–Trinajstić information content (AvgIpc) is 2.50. The monoisotopic (exact) mass is 145 g/mol. The first-order chi connectivity index (χ1) is 5.40. The molecule has 1 N–H and O–H groups in total. The Morgan fingerprint density at radius 1 is 1.45 bits per heavy atom. The fourth-order valence-electron chi connectivity index (χ4n) is 1.13. The minimum atomic E-state index is 1.03. The van der Waals surface area contributed by atoms with Gasteiger partial charge in [0.15, 0.2) is 0 Å². The highest BCUT2D eigenvalue weighted by Crippen LogP contribution is 2.12. The average molecular weight is 145 g/mol. The summed E-state index contributed by atoms with van der Waals surface area (Å²) in [7, 11) is 0. The van der Waals surface area contributed by atoms with Crippen molar-refractivity contribution in [1.82, 2.24) is 9.97 Å². The van der Waals surface area contributed by atoms with Gasteiger partial charge in [0, 0.05) is 0 Å². The first-order valence-corrected chi connectivity index (χ1v) is 3.62. The number of benzene rings is 1. The summed E-state index contributed by atoms with van der Waals surface area (Å²) in [5, 5.41) is 0. The van der Waals surface area contributed by atoms with Crippen LogP contribution < -0.4 is 0 Å². The zero-order valence-corrected chi connectivity index (χ0v) is 6.33. The van der Waals surface area contributed by atoms with Crippen LogP contribution in [0.25, 0.3) is 11.0 Å². The molecule has 0 bridgehead atoms. The molecular formula is C9H9N2. The summed E-state index contributed by atoms with van der Waals surface area (Å²) in [6.07, 6.45) is 3.78. The van der Waals surface area contributed by atoms with Crippen molar-refractivity contribution in [1.29, 1.82) is 0 Å². The van der Waals surface area contributed by atoms with Crippen LogP contribution in [0.4, 0.5) is 0 Å². The van der Waals surface area contributed by atoms with Crippen LogP contribution in [0.5, 0.6) is 0 Å². The van der Waals surface area contributed by atoms with Gasteiger partial charge in [-0.3, -0.25) is 0 Å². The third-order valence-electron chi connectivity index (χ3n) is 1.78. The zero-order valence-electron chi connectivity index (χ0n) is 6.33. The summed E-state index contributed by atoms with van der Waals surface area (Å²) in [6.45, 7) is 2.02. The van der Waals surface area contributed by atoms with Crippen molar-refractivity contribution in [3.05, 3.63) is 36.5 Å². The van der Waals surface area contributed by atoms with Crippen molar-refractivity contribution in [2.45, 2.75) is 6.92 Å². The lowest BCUT2D eigenvalue weighted by molar-refractivity contribution is 1.34. The van der Waals surface area contributed by atoms with Gasteiger partial charge in [-0.1, -0.05) is 13.0 Å². The van der Waals surface area contributed by atoms with E-state index in [9.17, 15) is 0 Å². The Morgan fingerprint density at radius 3 is 3.18 bits per heavy atom. The van der Waals surface area contributed by atoms with Crippen LogP contribution >= 0.6 is 0 Å². The van der Waals surface area contributed by atoms with Crippen molar-refractivity contribution in [3.8, 4) is 0 Å². The summed E-state index contributed by atoms with van der Waals surface area (Å²) in [6, 6.07) is 6.17. The van der Waals surface area contributed by atoms with E-state index in [1.807, 2.05) is 13.0 Å². The van der Waals surface area contributed by atoms with Crippen molar-refractivity contribution >= 4 is 11.0 Å². The molecule has 1 radical (unpaired) electrons. The van der Waals surface area contributed by atoms with Crippen LogP contribution in [0.2, 0.25) is 0 Å². The molecule has 2 nitrogen and oxygen atoms in total. The van der Waals surface area contributed by atoms with Crippen LogP contribution in [-0.2, 0) is 0 Å². The number of aromatic amines is 1. The van der Waals surface area contributed by atoms with E-state index in [2.05, 4.69) is 28.5 Å². The number of nitrogens with one attached hydrogen (secondary N) is 1. The largest absolute Gasteiger partial charge is 0.345 e. The summed E-state index contributed by atoms with van der Waals surface area (Å²) >= 11 is 0. The molecule has 2 rings (SSSR count). The molecule has 0 amide bonds. The molecule has 0 atom stereocenters. The van der Waals surface area contributed by atoms with Gasteiger partial charge < -0.3 is 4.98 Å². The van der Waals surface area contributed by atoms with Crippen molar-refractivity contribution < 1.29 is 0 Å². The van der Waals surface area contributed by atoms with Gasteiger partial charge in [0.1, 0.15) is 0 Å². The van der Waals surface area contributed by atoms with Crippen LogP contribution in [-0.4, -0.2) is 9.97 Å². The molecule has 2 aromatic rings. The third-order valence-corrected chi connectivity index (χ3v) is 1.78. The maximum Gasteiger partial charge on any atom is 0.0931 e. The van der Waals surface area contributed by atoms with E-state index in [0.717, 1.165) is 11.0 Å². The Kier molecular flexibility index (Phi) is 1.39. The zero-order chi connectivity index (χ0) is 7.68. The second kappa shape index (κ2) is 2.38. The molecule has 0 aliphatic heterocycles. The number of H-pyrrole nitrogens is 1. The number of rotatable bonds is 1. The molecule has 1 aromatic carbocycles. The van der Waals surface area contributed by atoms with Crippen molar-refractivity contribution in [3.63, 3.8) is 0 Å². The molecule has 0 aliphatic rings. The predicted molar refractivity (Wildman–Crippen MR) is 45.2 cm³/mol. The van der Waals surface area contributed by atoms with E-state index in [0.29, 0.717) is 0 Å². The molecule has 1 aromatic heterocycles. The minimum absolute atomic E-state index is 1.03. The van der Waals surface area contributed by atoms with Crippen LogP contribution in [0.15, 0.2) is 24.5 Å². The number of aromatic nitrogens is 2. The fourth-order valence-corrected chi connectivity index (χ4v) is 1.13. The Morgan fingerprint density at radius 2 is 2.36 bits per heavy atom. The topological polar surface area (TPSA) is 28.7 Å². The summed E-state index contributed by atoms with van der Waals surface area (Å²) < 4.78 is 0. The SMILES string of the molecule is C[CH]c1ccc2[nH]cnc2c1. The maximum absolute atomic E-state index is 4.15. The van der Waals surface area contributed by atoms with E-state index >= 15 is 0 Å². The fraction of sp³-hybridized carbons (Fsp3) is 0.111. The highest BCUT2D eigenvalue weighted by atomic mass is 14.9. The molecule has 0 unspecified atom stereocenters. The van der Waals surface area contributed by atoms with Gasteiger partial charge in [0.05, 0.1) is 17.4 Å². The van der Waals surface area contributed by atoms with Gasteiger partial charge in [-0.05, 0) is 24.1 Å². The molecule has 0 spiro atoms. The molecule has 0 saturated carbocycles. The Hall–Kier alpha value is -1.31. The number of fused-ring (bicyclic) bond motifs is 1. The molecule has 1 heterocycles. The quantitative estimate of drug-likeness (QED) is 0.654. The van der Waals surface area contributed by atoms with Crippen molar-refractivity contribution in [2.75, 3.05) is 0 Å². The smallest absolute Gasteiger partial charge is 0.0931 e. The minimum Gasteiger partial charge on any atom is -0.345 e. The lowest BCUT2D eigenvalue weighted by atomic mass is 10.1. The van der Waals surface area contributed by atoms with Gasteiger partial charge in [-0.25, -0.2) is 4.98 Å². The molecule has 0 aliphatic carbocycles. The lowest BCUT2D eigenvalue weighted by Crippen LogP contribution is -1.76. The first-order valence-electron chi connectivity index (χ1n) is 3.62. The normalized spacial score (nSPS) is 10.6. The lowest BCUT2D eigenvalue weighted by Gasteiger charge is -1.93. The van der Waals surface area contributed by atoms with Gasteiger partial charge in [0.2, 0.25) is 0 Å². The summed E-state index contributed by atoms with van der Waals surface area (Å²) in [5.74, 6) is 0. The van der Waals surface area contributed by atoms with E-state index in [4.69, 9.17) is 0 Å². The molecule has 0 fully saturated rings. The second-order valence-corrected chi connectivity index (χ2v) is 2.47. The van der Waals surface area contributed by atoms with E-state index < -0.39 is 0 Å². The Labute approximate surface area is 65.3 Å². The standard InChI is InChI=1S/C9H9N2/c1-2-7-3-4-8-9(5-7)11-6-10-8/h2-6H,1H3,(H,10,11). The highest BCUT2D eigenvalue weighted by Gasteiger charge is 1.95. The van der Waals surface area contributed by atoms with Gasteiger partial charge in [-0.15, -0.1) is 0 Å². The van der Waals surface area contributed by atoms with E-state index in [-0.39, 0.29) is 0 Å². The number of hydrogen-bond donors (Lipinski definition) is 1. The maximum atomic E-state index is 4.15. The number of nitrogens with zero attached hydrogens (tertiary/aromatic N) is 1. The first kappa shape index (κ1) is 6.40. The Balaban J connectivity index is 2.67. The number of hydrogen-bond acceptors (Lipinski definition) is 1. The van der Waals surface area contributed by atoms with E-state index in [1.54, 1.807) is 6.33 Å². The predicted octanol–water partition coefficient (Wildman–Crippen LogP) is 2.14. The van der Waals surface area contributed by atoms with Gasteiger partial charge in [-0.2, -0.15) is 0 Å². The highest BCUT2D eigenvalue weighted by molar-refractivity contribution is 5.75. The van der Waals surface area contributed by atoms with Crippen LogP contribution in [0.3, 0.4) is 0 Å². The van der Waals surface area contributed by atoms with Gasteiger partial charge in [0.25, 0.3) is 0 Å². The summed E-state index contributed by atoms with van der Waals surface area (Å²) in [5.41, 5.74) is 3.33. The van der Waals surface area contributed by atoms with Crippen LogP contribution in [0, 0.1) is 6.42 Å². The molecule has 11 heavy (non-hydrogen) atoms. The number of imidazole rings is 1. The Bertz CT molecular complexity index is 362. The summed E-state index contributed by atoms with van der Waals surface area (Å²) in [4.78, 5) is 7.20. The molecule has 0 saturated heterocycles. The van der Waals surface area contributed by atoms with Gasteiger partial charge >= 0.3 is 0 Å². The molecular weight excluding hydrogens is 136 g/mol. The van der Waals surface area contributed by atoms with Crippen LogP contribution in [0.1, 0.15) is 12.5 Å². The molecule has 55 valence electrons. The second-order valence-electron chi connectivity index (χ2n) is 2.47. The molecule has 2 heteroatoms. The van der Waals surface area contributed by atoms with Crippen molar-refractivity contribution in [2.24, 2.45) is 0 Å². The van der Waals surface area contributed by atoms with E-state index in [1.165, 1.54) is 5.56 Å².